The molecule has 0 spiro atoms. The van der Waals surface area contributed by atoms with Crippen LogP contribution in [-0.2, 0) is 19.5 Å². The summed E-state index contributed by atoms with van der Waals surface area (Å²) < 4.78 is 37.2. The van der Waals surface area contributed by atoms with Crippen molar-refractivity contribution in [2.75, 3.05) is 17.7 Å². The normalized spacial score (nSPS) is 14.1. The van der Waals surface area contributed by atoms with Gasteiger partial charge in [-0.1, -0.05) is 0 Å². The van der Waals surface area contributed by atoms with Crippen LogP contribution in [0.1, 0.15) is 24.1 Å². The predicted octanol–water partition coefficient (Wildman–Crippen LogP) is 3.60. The summed E-state index contributed by atoms with van der Waals surface area (Å²) in [5, 5.41) is 22.0. The molecule has 4 aromatic rings. The number of urea groups is 1. The zero-order valence-electron chi connectivity index (χ0n) is 19.2. The van der Waals surface area contributed by atoms with Crippen molar-refractivity contribution >= 4 is 34.8 Å². The summed E-state index contributed by atoms with van der Waals surface area (Å²) in [5.74, 6) is -1.73. The van der Waals surface area contributed by atoms with E-state index in [9.17, 15) is 18.8 Å². The van der Waals surface area contributed by atoms with Gasteiger partial charge in [-0.3, -0.25) is 10.00 Å². The van der Waals surface area contributed by atoms with E-state index in [0.29, 0.717) is 24.2 Å². The van der Waals surface area contributed by atoms with Crippen LogP contribution in [0.15, 0.2) is 30.6 Å². The van der Waals surface area contributed by atoms with E-state index in [1.54, 1.807) is 17.7 Å². The maximum atomic E-state index is 14.2. The first kappa shape index (κ1) is 23.0. The van der Waals surface area contributed by atoms with Crippen LogP contribution in [0.4, 0.5) is 31.2 Å². The Balaban J connectivity index is 1.46. The summed E-state index contributed by atoms with van der Waals surface area (Å²) in [6, 6.07) is 6.03. The van der Waals surface area contributed by atoms with Gasteiger partial charge in [0.25, 0.3) is 5.92 Å². The molecule has 0 aromatic carbocycles. The number of carbonyl (C=O) groups excluding carboxylic acids is 1. The van der Waals surface area contributed by atoms with Crippen LogP contribution < -0.4 is 20.7 Å². The molecule has 3 N–H and O–H groups in total. The monoisotopic (exact) mass is 494 g/mol. The number of carbonyl (C=O) groups is 1. The van der Waals surface area contributed by atoms with Gasteiger partial charge in [-0.05, 0) is 12.5 Å². The number of amides is 2. The third-order valence-electron chi connectivity index (χ3n) is 5.66. The van der Waals surface area contributed by atoms with Crippen LogP contribution in [0.25, 0.3) is 11.2 Å². The molecule has 36 heavy (non-hydrogen) atoms. The fourth-order valence-corrected chi connectivity index (χ4v) is 3.94. The number of nitriles is 1. The molecule has 0 atom stereocenters. The van der Waals surface area contributed by atoms with Gasteiger partial charge in [0.2, 0.25) is 5.95 Å². The molecular weight excluding hydrogens is 474 g/mol. The second-order valence-electron chi connectivity index (χ2n) is 8.03. The largest absolute Gasteiger partial charge is 0.454 e. The fourth-order valence-electron chi connectivity index (χ4n) is 3.94. The fraction of sp³-hybridized carbons (Fsp3) is 0.273. The average Bonchev–Trinajstić information content (AvgIpc) is 3.41. The number of alkyl halides is 2. The molecule has 4 aromatic heterocycles. The van der Waals surface area contributed by atoms with Crippen LogP contribution in [0.3, 0.4) is 0 Å². The van der Waals surface area contributed by atoms with Crippen LogP contribution in [-0.4, -0.2) is 42.4 Å². The molecule has 0 aliphatic carbocycles. The maximum absolute atomic E-state index is 14.2. The summed E-state index contributed by atoms with van der Waals surface area (Å²) >= 11 is 0. The van der Waals surface area contributed by atoms with Crippen LogP contribution in [0.2, 0.25) is 0 Å². The lowest BCUT2D eigenvalue weighted by molar-refractivity contribution is -0.0364. The lowest BCUT2D eigenvalue weighted by atomic mass is 10.1. The average molecular weight is 494 g/mol. The van der Waals surface area contributed by atoms with Crippen molar-refractivity contribution in [3.8, 4) is 17.6 Å². The first-order valence-electron chi connectivity index (χ1n) is 10.9. The Bertz CT molecular complexity index is 1520. The SMILES string of the molecule is CNC(=O)Nc1cc(Oc2cnc3nc(Nc4cc5n(n4)CCCC5(F)F)n(C)c3c2C#N)ccn1. The Morgan fingerprint density at radius 3 is 2.86 bits per heavy atom. The lowest BCUT2D eigenvalue weighted by Crippen LogP contribution is -2.25. The number of aryl methyl sites for hydroxylation is 2. The van der Waals surface area contributed by atoms with E-state index < -0.39 is 12.0 Å². The molecule has 14 heteroatoms. The molecular formula is C22H20F2N10O2. The highest BCUT2D eigenvalue weighted by atomic mass is 19.3. The number of anilines is 3. The van der Waals surface area contributed by atoms with Crippen LogP contribution in [0.5, 0.6) is 11.5 Å². The molecule has 0 unspecified atom stereocenters. The highest BCUT2D eigenvalue weighted by Crippen LogP contribution is 2.38. The van der Waals surface area contributed by atoms with Crippen molar-refractivity contribution in [3.63, 3.8) is 0 Å². The summed E-state index contributed by atoms with van der Waals surface area (Å²) in [6.45, 7) is 0.408. The molecule has 0 radical (unpaired) electrons. The van der Waals surface area contributed by atoms with E-state index in [1.807, 2.05) is 0 Å². The van der Waals surface area contributed by atoms with Crippen LogP contribution >= 0.6 is 0 Å². The predicted molar refractivity (Wildman–Crippen MR) is 124 cm³/mol. The van der Waals surface area contributed by atoms with Gasteiger partial charge in [0.05, 0.1) is 6.20 Å². The zero-order valence-corrected chi connectivity index (χ0v) is 19.2. The van der Waals surface area contributed by atoms with Crippen molar-refractivity contribution < 1.29 is 18.3 Å². The van der Waals surface area contributed by atoms with Gasteiger partial charge in [0, 0.05) is 45.4 Å². The van der Waals surface area contributed by atoms with E-state index in [0.717, 1.165) is 0 Å². The number of pyridine rings is 2. The number of nitrogens with zero attached hydrogens (tertiary/aromatic N) is 7. The first-order chi connectivity index (χ1) is 17.3. The third kappa shape index (κ3) is 4.11. The van der Waals surface area contributed by atoms with Crippen molar-refractivity contribution in [2.45, 2.75) is 25.3 Å². The first-order valence-corrected chi connectivity index (χ1v) is 10.9. The van der Waals surface area contributed by atoms with Gasteiger partial charge < -0.3 is 19.9 Å². The Hall–Kier alpha value is -4.80. The van der Waals surface area contributed by atoms with Gasteiger partial charge in [-0.2, -0.15) is 24.1 Å². The molecule has 0 bridgehead atoms. The van der Waals surface area contributed by atoms with Gasteiger partial charge >= 0.3 is 6.03 Å². The number of hydrogen-bond acceptors (Lipinski definition) is 8. The Morgan fingerprint density at radius 2 is 2.11 bits per heavy atom. The number of fused-ring (bicyclic) bond motifs is 2. The minimum atomic E-state index is -2.94. The second kappa shape index (κ2) is 8.77. The van der Waals surface area contributed by atoms with Crippen molar-refractivity contribution in [2.24, 2.45) is 7.05 Å². The number of halogens is 2. The van der Waals surface area contributed by atoms with E-state index in [2.05, 4.69) is 42.1 Å². The topological polar surface area (TPSA) is 148 Å². The van der Waals surface area contributed by atoms with Gasteiger partial charge in [-0.15, -0.1) is 0 Å². The van der Waals surface area contributed by atoms with Gasteiger partial charge in [0.15, 0.2) is 17.2 Å². The molecule has 0 fully saturated rings. The Kier molecular flexibility index (Phi) is 5.59. The summed E-state index contributed by atoms with van der Waals surface area (Å²) in [4.78, 5) is 24.3. The zero-order chi connectivity index (χ0) is 25.4. The highest BCUT2D eigenvalue weighted by molar-refractivity contribution is 5.88. The highest BCUT2D eigenvalue weighted by Gasteiger charge is 2.38. The minimum Gasteiger partial charge on any atom is -0.454 e. The molecule has 184 valence electrons. The molecule has 5 heterocycles. The standard InChI is InChI=1S/C22H20F2N10O2/c1-26-21(35)30-16-8-12(4-6-27-16)36-14-11-28-19-18(13(14)10-25)33(2)20(31-19)29-17-9-15-22(23,24)5-3-7-34(15)32-17/h4,6,8-9,11H,3,5,7H2,1-2H3,(H2,26,27,30,35)(H,28,29,31,32). The van der Waals surface area contributed by atoms with E-state index in [-0.39, 0.29) is 46.7 Å². The summed E-state index contributed by atoms with van der Waals surface area (Å²) in [5.41, 5.74) is 0.653. The molecule has 0 saturated heterocycles. The smallest absolute Gasteiger partial charge is 0.320 e. The second-order valence-corrected chi connectivity index (χ2v) is 8.03. The van der Waals surface area contributed by atoms with Gasteiger partial charge in [-0.25, -0.2) is 14.8 Å². The van der Waals surface area contributed by atoms with E-state index >= 15 is 0 Å². The number of rotatable bonds is 5. The van der Waals surface area contributed by atoms with Crippen molar-refractivity contribution in [1.29, 1.82) is 5.26 Å². The summed E-state index contributed by atoms with van der Waals surface area (Å²) in [7, 11) is 3.13. The lowest BCUT2D eigenvalue weighted by Gasteiger charge is -2.22. The Labute approximate surface area is 202 Å². The number of ether oxygens (including phenoxy) is 1. The Morgan fingerprint density at radius 1 is 1.28 bits per heavy atom. The molecule has 1 aliphatic rings. The van der Waals surface area contributed by atoms with Crippen LogP contribution in [0, 0.1) is 11.3 Å². The maximum Gasteiger partial charge on any atom is 0.320 e. The molecule has 0 saturated carbocycles. The minimum absolute atomic E-state index is 0.149. The van der Waals surface area contributed by atoms with Crippen molar-refractivity contribution in [1.82, 2.24) is 34.6 Å². The van der Waals surface area contributed by atoms with E-state index in [4.69, 9.17) is 4.74 Å². The number of hydrogen-bond donors (Lipinski definition) is 3. The van der Waals surface area contributed by atoms with Crippen molar-refractivity contribution in [3.05, 3.63) is 41.9 Å². The number of imidazole rings is 1. The molecule has 2 amide bonds. The van der Waals surface area contributed by atoms with Gasteiger partial charge in [0.1, 0.15) is 34.4 Å². The quantitative estimate of drug-likeness (QED) is 0.381. The number of nitrogens with one attached hydrogen (secondary N) is 3. The molecule has 12 nitrogen and oxygen atoms in total. The summed E-state index contributed by atoms with van der Waals surface area (Å²) in [6.07, 6.45) is 2.93. The molecule has 1 aliphatic heterocycles. The number of aromatic nitrogens is 6. The third-order valence-corrected chi connectivity index (χ3v) is 5.66. The van der Waals surface area contributed by atoms with E-state index in [1.165, 1.54) is 36.3 Å². The molecule has 5 rings (SSSR count).